The number of carbonyl (C=O) groups excluding carboxylic acids is 2. The summed E-state index contributed by atoms with van der Waals surface area (Å²) in [5.74, 6) is 0.702. The van der Waals surface area contributed by atoms with Gasteiger partial charge in [0.05, 0.1) is 10.0 Å². The van der Waals surface area contributed by atoms with Crippen LogP contribution in [0.2, 0.25) is 15.1 Å². The number of nitrogens with zero attached hydrogens (tertiary/aromatic N) is 1. The first-order valence-corrected chi connectivity index (χ1v) is 13.9. The van der Waals surface area contributed by atoms with Gasteiger partial charge in [0.25, 0.3) is 0 Å². The molecule has 1 unspecified atom stereocenters. The maximum atomic E-state index is 13.4. The molecule has 8 heteroatoms. The third kappa shape index (κ3) is 8.08. The van der Waals surface area contributed by atoms with Gasteiger partial charge in [-0.25, -0.2) is 0 Å². The number of hydrogen-bond donors (Lipinski definition) is 1. The standard InChI is InChI=1S/C26H31Cl3N2O2S/c1-2-24(26(33)30-20-6-3-4-7-20)31(17-18-9-14-22(28)23(29)16-18)25(32)8-5-15-34-21-12-10-19(27)11-13-21/h9-14,16,20,24H,2-8,15,17H2,1H3,(H,30,33). The summed E-state index contributed by atoms with van der Waals surface area (Å²) in [5, 5.41) is 4.78. The lowest BCUT2D eigenvalue weighted by Gasteiger charge is -2.31. The van der Waals surface area contributed by atoms with E-state index in [1.807, 2.05) is 37.3 Å². The third-order valence-corrected chi connectivity index (χ3v) is 8.13. The molecule has 2 aromatic carbocycles. The fourth-order valence-corrected chi connectivity index (χ4v) is 5.51. The van der Waals surface area contributed by atoms with Gasteiger partial charge in [-0.15, -0.1) is 11.8 Å². The summed E-state index contributed by atoms with van der Waals surface area (Å²) >= 11 is 19.9. The Morgan fingerprint density at radius 1 is 1.06 bits per heavy atom. The normalized spacial score (nSPS) is 14.7. The zero-order valence-corrected chi connectivity index (χ0v) is 22.5. The zero-order valence-electron chi connectivity index (χ0n) is 19.4. The molecule has 0 spiro atoms. The zero-order chi connectivity index (χ0) is 24.5. The van der Waals surface area contributed by atoms with Gasteiger partial charge in [0.15, 0.2) is 0 Å². The highest BCUT2D eigenvalue weighted by Crippen LogP contribution is 2.26. The maximum Gasteiger partial charge on any atom is 0.243 e. The van der Waals surface area contributed by atoms with E-state index in [1.165, 1.54) is 0 Å². The summed E-state index contributed by atoms with van der Waals surface area (Å²) in [5.41, 5.74) is 0.852. The number of hydrogen-bond acceptors (Lipinski definition) is 3. The summed E-state index contributed by atoms with van der Waals surface area (Å²) in [7, 11) is 0. The summed E-state index contributed by atoms with van der Waals surface area (Å²) in [6.07, 6.45) is 5.92. The van der Waals surface area contributed by atoms with Crippen LogP contribution in [0.25, 0.3) is 0 Å². The predicted molar refractivity (Wildman–Crippen MR) is 143 cm³/mol. The van der Waals surface area contributed by atoms with Crippen molar-refractivity contribution in [3.63, 3.8) is 0 Å². The van der Waals surface area contributed by atoms with Gasteiger partial charge < -0.3 is 10.2 Å². The van der Waals surface area contributed by atoms with E-state index >= 15 is 0 Å². The number of halogens is 3. The number of rotatable bonds is 11. The number of benzene rings is 2. The Morgan fingerprint density at radius 2 is 1.76 bits per heavy atom. The van der Waals surface area contributed by atoms with Crippen molar-refractivity contribution in [3.05, 3.63) is 63.1 Å². The van der Waals surface area contributed by atoms with Gasteiger partial charge in [-0.2, -0.15) is 0 Å². The molecule has 0 radical (unpaired) electrons. The average molecular weight is 542 g/mol. The van der Waals surface area contributed by atoms with Gasteiger partial charge in [-0.1, -0.05) is 60.6 Å². The highest BCUT2D eigenvalue weighted by Gasteiger charge is 2.30. The molecular formula is C26H31Cl3N2O2S. The van der Waals surface area contributed by atoms with Crippen molar-refractivity contribution >= 4 is 58.4 Å². The fraction of sp³-hybridized carbons (Fsp3) is 0.462. The van der Waals surface area contributed by atoms with E-state index in [4.69, 9.17) is 34.8 Å². The van der Waals surface area contributed by atoms with Gasteiger partial charge in [0, 0.05) is 28.9 Å². The highest BCUT2D eigenvalue weighted by molar-refractivity contribution is 7.99. The molecule has 0 aliphatic heterocycles. The minimum atomic E-state index is -0.522. The van der Waals surface area contributed by atoms with Gasteiger partial charge in [-0.3, -0.25) is 9.59 Å². The second-order valence-corrected chi connectivity index (χ2v) is 11.0. The van der Waals surface area contributed by atoms with Crippen LogP contribution in [0.15, 0.2) is 47.4 Å². The van der Waals surface area contributed by atoms with Crippen LogP contribution in [0.4, 0.5) is 0 Å². The minimum absolute atomic E-state index is 0.0313. The summed E-state index contributed by atoms with van der Waals surface area (Å²) < 4.78 is 0. The van der Waals surface area contributed by atoms with Crippen LogP contribution in [0.1, 0.15) is 57.4 Å². The Labute approximate surface area is 221 Å². The molecule has 1 aliphatic carbocycles. The molecule has 34 heavy (non-hydrogen) atoms. The molecule has 0 heterocycles. The summed E-state index contributed by atoms with van der Waals surface area (Å²) in [6.45, 7) is 2.26. The molecule has 3 rings (SSSR count). The van der Waals surface area contributed by atoms with E-state index in [1.54, 1.807) is 28.8 Å². The van der Waals surface area contributed by atoms with Crippen molar-refractivity contribution < 1.29 is 9.59 Å². The van der Waals surface area contributed by atoms with Crippen LogP contribution in [-0.4, -0.2) is 34.6 Å². The SMILES string of the molecule is CCC(C(=O)NC1CCCC1)N(Cc1ccc(Cl)c(Cl)c1)C(=O)CCCSc1ccc(Cl)cc1. The second kappa shape index (κ2) is 13.6. The Balaban J connectivity index is 1.66. The Bertz CT molecular complexity index is 965. The largest absolute Gasteiger partial charge is 0.352 e. The van der Waals surface area contributed by atoms with Crippen molar-refractivity contribution in [1.82, 2.24) is 10.2 Å². The lowest BCUT2D eigenvalue weighted by Crippen LogP contribution is -2.50. The lowest BCUT2D eigenvalue weighted by atomic mass is 10.1. The van der Waals surface area contributed by atoms with Crippen LogP contribution >= 0.6 is 46.6 Å². The van der Waals surface area contributed by atoms with E-state index in [-0.39, 0.29) is 17.9 Å². The quantitative estimate of drug-likeness (QED) is 0.238. The van der Waals surface area contributed by atoms with Crippen LogP contribution in [-0.2, 0) is 16.1 Å². The van der Waals surface area contributed by atoms with Crippen LogP contribution in [0, 0.1) is 0 Å². The molecule has 184 valence electrons. The average Bonchev–Trinajstić information content (AvgIpc) is 3.33. The van der Waals surface area contributed by atoms with E-state index in [9.17, 15) is 9.59 Å². The van der Waals surface area contributed by atoms with E-state index in [0.29, 0.717) is 40.9 Å². The smallest absolute Gasteiger partial charge is 0.243 e. The van der Waals surface area contributed by atoms with Crippen LogP contribution in [0.5, 0.6) is 0 Å². The third-order valence-electron chi connectivity index (χ3n) is 6.04. The van der Waals surface area contributed by atoms with Crippen molar-refractivity contribution in [2.45, 2.75) is 75.4 Å². The molecule has 1 atom stereocenters. The first-order valence-electron chi connectivity index (χ1n) is 11.8. The van der Waals surface area contributed by atoms with Gasteiger partial charge >= 0.3 is 0 Å². The van der Waals surface area contributed by atoms with Crippen LogP contribution in [0.3, 0.4) is 0 Å². The molecule has 4 nitrogen and oxygen atoms in total. The summed E-state index contributed by atoms with van der Waals surface area (Å²) in [4.78, 5) is 29.3. The molecule has 1 aliphatic rings. The van der Waals surface area contributed by atoms with E-state index in [2.05, 4.69) is 5.32 Å². The first kappa shape index (κ1) is 27.2. The van der Waals surface area contributed by atoms with Crippen molar-refractivity contribution in [2.24, 2.45) is 0 Å². The topological polar surface area (TPSA) is 49.4 Å². The van der Waals surface area contributed by atoms with Gasteiger partial charge in [-0.05, 0) is 73.4 Å². The highest BCUT2D eigenvalue weighted by atomic mass is 35.5. The molecule has 0 saturated heterocycles. The molecule has 0 bridgehead atoms. The fourth-order valence-electron chi connectivity index (χ4n) is 4.21. The minimum Gasteiger partial charge on any atom is -0.352 e. The Morgan fingerprint density at radius 3 is 2.41 bits per heavy atom. The van der Waals surface area contributed by atoms with E-state index in [0.717, 1.165) is 41.9 Å². The lowest BCUT2D eigenvalue weighted by molar-refractivity contribution is -0.141. The van der Waals surface area contributed by atoms with Gasteiger partial charge in [0.2, 0.25) is 11.8 Å². The summed E-state index contributed by atoms with van der Waals surface area (Å²) in [6, 6.07) is 12.7. The van der Waals surface area contributed by atoms with E-state index < -0.39 is 6.04 Å². The monoisotopic (exact) mass is 540 g/mol. The number of amides is 2. The number of thioether (sulfide) groups is 1. The first-order chi connectivity index (χ1) is 16.4. The molecule has 1 fully saturated rings. The molecule has 2 amide bonds. The Kier molecular flexibility index (Phi) is 10.9. The molecule has 1 N–H and O–H groups in total. The molecule has 1 saturated carbocycles. The molecule has 0 aromatic heterocycles. The molecular weight excluding hydrogens is 511 g/mol. The second-order valence-electron chi connectivity index (χ2n) is 8.59. The molecule has 2 aromatic rings. The van der Waals surface area contributed by atoms with Crippen LogP contribution < -0.4 is 5.32 Å². The van der Waals surface area contributed by atoms with Crippen molar-refractivity contribution in [3.8, 4) is 0 Å². The van der Waals surface area contributed by atoms with Crippen molar-refractivity contribution in [2.75, 3.05) is 5.75 Å². The van der Waals surface area contributed by atoms with Gasteiger partial charge in [0.1, 0.15) is 6.04 Å². The Hall–Kier alpha value is -1.40. The number of nitrogens with one attached hydrogen (secondary N) is 1. The predicted octanol–water partition coefficient (Wildman–Crippen LogP) is 7.39. The van der Waals surface area contributed by atoms with Crippen molar-refractivity contribution in [1.29, 1.82) is 0 Å². The maximum absolute atomic E-state index is 13.4. The number of carbonyl (C=O) groups is 2.